The molecule has 0 saturated heterocycles. The van der Waals surface area contributed by atoms with E-state index in [1.807, 2.05) is 54.6 Å². The summed E-state index contributed by atoms with van der Waals surface area (Å²) < 4.78 is 0. The number of rotatable bonds is 6. The number of hydrogen-bond acceptors (Lipinski definition) is 3. The third-order valence-corrected chi connectivity index (χ3v) is 5.15. The molecule has 0 fully saturated rings. The van der Waals surface area contributed by atoms with Gasteiger partial charge in [0.2, 0.25) is 5.91 Å². The molecule has 0 bridgehead atoms. The van der Waals surface area contributed by atoms with Crippen molar-refractivity contribution in [1.82, 2.24) is 4.98 Å². The molecule has 0 spiro atoms. The second-order valence-corrected chi connectivity index (χ2v) is 6.95. The number of anilines is 1. The van der Waals surface area contributed by atoms with Crippen LogP contribution in [0.15, 0.2) is 79.0 Å². The zero-order chi connectivity index (χ0) is 17.5. The largest absolute Gasteiger partial charge is 0.310 e. The summed E-state index contributed by atoms with van der Waals surface area (Å²) in [5.41, 5.74) is 2.27. The van der Waals surface area contributed by atoms with Crippen molar-refractivity contribution in [1.29, 1.82) is 0 Å². The molecule has 1 aromatic heterocycles. The van der Waals surface area contributed by atoms with E-state index < -0.39 is 0 Å². The molecule has 3 aromatic rings. The zero-order valence-corrected chi connectivity index (χ0v) is 15.0. The summed E-state index contributed by atoms with van der Waals surface area (Å²) in [7, 11) is 0. The van der Waals surface area contributed by atoms with Gasteiger partial charge in [0, 0.05) is 11.2 Å². The lowest BCUT2D eigenvalue weighted by Crippen LogP contribution is -2.16. The highest BCUT2D eigenvalue weighted by Gasteiger charge is 2.16. The zero-order valence-electron chi connectivity index (χ0n) is 13.4. The Bertz CT molecular complexity index is 810. The molecule has 0 aliphatic heterocycles. The average molecular weight is 369 g/mol. The Morgan fingerprint density at radius 2 is 1.64 bits per heavy atom. The maximum absolute atomic E-state index is 12.2. The number of benzene rings is 2. The number of nitrogens with zero attached hydrogens (tertiary/aromatic N) is 1. The van der Waals surface area contributed by atoms with Crippen LogP contribution < -0.4 is 5.32 Å². The van der Waals surface area contributed by atoms with Gasteiger partial charge in [0.15, 0.2) is 0 Å². The van der Waals surface area contributed by atoms with Crippen LogP contribution in [-0.2, 0) is 4.79 Å². The average Bonchev–Trinajstić information content (AvgIpc) is 2.65. The van der Waals surface area contributed by atoms with E-state index in [-0.39, 0.29) is 11.2 Å². The number of hydrogen-bond donors (Lipinski definition) is 1. The molecule has 1 unspecified atom stereocenters. The van der Waals surface area contributed by atoms with Gasteiger partial charge < -0.3 is 5.32 Å². The Balaban J connectivity index is 1.72. The number of thioether (sulfide) groups is 1. The fourth-order valence-corrected chi connectivity index (χ4v) is 3.64. The molecular formula is C20H17ClN2OS. The fourth-order valence-electron chi connectivity index (χ4n) is 2.42. The Morgan fingerprint density at radius 1 is 0.960 bits per heavy atom. The van der Waals surface area contributed by atoms with Crippen molar-refractivity contribution >= 4 is 35.1 Å². The molecule has 126 valence electrons. The second kappa shape index (κ2) is 8.70. The normalized spacial score (nSPS) is 11.7. The van der Waals surface area contributed by atoms with Crippen molar-refractivity contribution in [2.45, 2.75) is 5.25 Å². The minimum Gasteiger partial charge on any atom is -0.310 e. The standard InChI is InChI=1S/C20H17ClN2OS/c21-17-11-9-16(10-12-17)20(15-6-2-1-3-7-15)25-14-19(24)23-18-8-4-5-13-22-18/h1-13,20H,14H2,(H,22,23,24). The maximum Gasteiger partial charge on any atom is 0.235 e. The molecule has 2 aromatic carbocycles. The minimum atomic E-state index is -0.0707. The van der Waals surface area contributed by atoms with Crippen molar-refractivity contribution < 1.29 is 4.79 Å². The molecule has 0 radical (unpaired) electrons. The summed E-state index contributed by atoms with van der Waals surface area (Å²) in [4.78, 5) is 16.4. The van der Waals surface area contributed by atoms with Crippen LogP contribution in [0.2, 0.25) is 5.02 Å². The minimum absolute atomic E-state index is 0.0629. The molecular weight excluding hydrogens is 352 g/mol. The summed E-state index contributed by atoms with van der Waals surface area (Å²) in [5, 5.41) is 3.58. The third-order valence-electron chi connectivity index (χ3n) is 3.59. The predicted molar refractivity (Wildman–Crippen MR) is 105 cm³/mol. The Hall–Kier alpha value is -2.30. The quantitative estimate of drug-likeness (QED) is 0.650. The molecule has 3 rings (SSSR count). The number of nitrogens with one attached hydrogen (secondary N) is 1. The highest BCUT2D eigenvalue weighted by molar-refractivity contribution is 8.00. The fraction of sp³-hybridized carbons (Fsp3) is 0.100. The first kappa shape index (κ1) is 17.5. The molecule has 1 amide bonds. The summed E-state index contributed by atoms with van der Waals surface area (Å²) >= 11 is 7.58. The Labute approximate surface area is 156 Å². The van der Waals surface area contributed by atoms with Gasteiger partial charge in [-0.25, -0.2) is 4.98 Å². The maximum atomic E-state index is 12.2. The molecule has 0 aliphatic rings. The van der Waals surface area contributed by atoms with Gasteiger partial charge in [0.25, 0.3) is 0 Å². The molecule has 0 aliphatic carbocycles. The van der Waals surface area contributed by atoms with E-state index in [9.17, 15) is 4.79 Å². The number of aromatic nitrogens is 1. The van der Waals surface area contributed by atoms with Crippen molar-refractivity contribution in [3.05, 3.63) is 95.1 Å². The van der Waals surface area contributed by atoms with Gasteiger partial charge in [-0.05, 0) is 35.4 Å². The number of carbonyl (C=O) groups excluding carboxylic acids is 1. The van der Waals surface area contributed by atoms with E-state index in [0.29, 0.717) is 16.6 Å². The van der Waals surface area contributed by atoms with E-state index in [1.165, 1.54) is 0 Å². The first-order valence-corrected chi connectivity index (χ1v) is 9.28. The second-order valence-electron chi connectivity index (χ2n) is 5.42. The number of amides is 1. The molecule has 1 N–H and O–H groups in total. The van der Waals surface area contributed by atoms with Gasteiger partial charge in [-0.1, -0.05) is 60.1 Å². The van der Waals surface area contributed by atoms with Crippen LogP contribution >= 0.6 is 23.4 Å². The van der Waals surface area contributed by atoms with Crippen LogP contribution in [-0.4, -0.2) is 16.6 Å². The number of halogens is 1. The van der Waals surface area contributed by atoms with Crippen molar-refractivity contribution in [3.63, 3.8) is 0 Å². The summed E-state index contributed by atoms with van der Waals surface area (Å²) in [6, 6.07) is 23.3. The Morgan fingerprint density at radius 3 is 2.32 bits per heavy atom. The Kier molecular flexibility index (Phi) is 6.09. The van der Waals surface area contributed by atoms with E-state index in [0.717, 1.165) is 11.1 Å². The lowest BCUT2D eigenvalue weighted by Gasteiger charge is -2.17. The first-order chi connectivity index (χ1) is 12.2. The SMILES string of the molecule is O=C(CSC(c1ccccc1)c1ccc(Cl)cc1)Nc1ccccn1. The van der Waals surface area contributed by atoms with Gasteiger partial charge in [0.1, 0.15) is 5.82 Å². The van der Waals surface area contributed by atoms with Crippen molar-refractivity contribution in [2.75, 3.05) is 11.1 Å². The van der Waals surface area contributed by atoms with Crippen LogP contribution in [0.5, 0.6) is 0 Å². The first-order valence-electron chi connectivity index (χ1n) is 7.85. The smallest absolute Gasteiger partial charge is 0.235 e. The summed E-state index contributed by atoms with van der Waals surface area (Å²) in [6.45, 7) is 0. The van der Waals surface area contributed by atoms with Gasteiger partial charge in [-0.3, -0.25) is 4.79 Å². The molecule has 1 atom stereocenters. The highest BCUT2D eigenvalue weighted by Crippen LogP contribution is 2.36. The van der Waals surface area contributed by atoms with Crippen LogP contribution in [0.4, 0.5) is 5.82 Å². The lowest BCUT2D eigenvalue weighted by atomic mass is 10.0. The van der Waals surface area contributed by atoms with Crippen LogP contribution in [0, 0.1) is 0 Å². The molecule has 5 heteroatoms. The van der Waals surface area contributed by atoms with Gasteiger partial charge in [0.05, 0.1) is 11.0 Å². The predicted octanol–water partition coefficient (Wildman–Crippen LogP) is 5.20. The van der Waals surface area contributed by atoms with Crippen molar-refractivity contribution in [3.8, 4) is 0 Å². The van der Waals surface area contributed by atoms with Crippen LogP contribution in [0.3, 0.4) is 0 Å². The van der Waals surface area contributed by atoms with Gasteiger partial charge in [-0.2, -0.15) is 0 Å². The lowest BCUT2D eigenvalue weighted by molar-refractivity contribution is -0.113. The molecule has 25 heavy (non-hydrogen) atoms. The molecule has 1 heterocycles. The summed E-state index contributed by atoms with van der Waals surface area (Å²) in [6.07, 6.45) is 1.66. The van der Waals surface area contributed by atoms with Crippen LogP contribution in [0.25, 0.3) is 0 Å². The monoisotopic (exact) mass is 368 g/mol. The topological polar surface area (TPSA) is 42.0 Å². The summed E-state index contributed by atoms with van der Waals surface area (Å²) in [5.74, 6) is 0.827. The van der Waals surface area contributed by atoms with Gasteiger partial charge >= 0.3 is 0 Å². The van der Waals surface area contributed by atoms with E-state index in [4.69, 9.17) is 11.6 Å². The number of carbonyl (C=O) groups is 1. The number of pyridine rings is 1. The van der Waals surface area contributed by atoms with Gasteiger partial charge in [-0.15, -0.1) is 11.8 Å². The van der Waals surface area contributed by atoms with E-state index in [2.05, 4.69) is 22.4 Å². The molecule has 0 saturated carbocycles. The van der Waals surface area contributed by atoms with Crippen molar-refractivity contribution in [2.24, 2.45) is 0 Å². The van der Waals surface area contributed by atoms with E-state index >= 15 is 0 Å². The van der Waals surface area contributed by atoms with Crippen LogP contribution in [0.1, 0.15) is 16.4 Å². The molecule has 3 nitrogen and oxygen atoms in total. The third kappa shape index (κ3) is 5.08. The highest BCUT2D eigenvalue weighted by atomic mass is 35.5. The van der Waals surface area contributed by atoms with E-state index in [1.54, 1.807) is 24.0 Å².